The van der Waals surface area contributed by atoms with Gasteiger partial charge in [0, 0.05) is 18.1 Å². The Morgan fingerprint density at radius 1 is 1.08 bits per heavy atom. The van der Waals surface area contributed by atoms with Gasteiger partial charge in [-0.2, -0.15) is 0 Å². The first-order valence-corrected chi connectivity index (χ1v) is 7.78. The average Bonchev–Trinajstić information content (AvgIpc) is 2.63. The van der Waals surface area contributed by atoms with Crippen molar-refractivity contribution in [1.82, 2.24) is 0 Å². The fourth-order valence-corrected chi connectivity index (χ4v) is 3.00. The normalized spacial score (nSPS) is 15.0. The third-order valence-corrected chi connectivity index (χ3v) is 4.25. The van der Waals surface area contributed by atoms with Gasteiger partial charge in [-0.1, -0.05) is 12.1 Å². The standard InChI is InChI=1S/C19H17NO5/c1-24-18-10-12-7-8-17(21)15(14(12)11-19(18)25-2)9-13-5-3-4-6-16(13)20(22)23/h3-6,9-11H,7-8H2,1-2H3. The molecule has 1 aliphatic carbocycles. The van der Waals surface area contributed by atoms with E-state index >= 15 is 0 Å². The van der Waals surface area contributed by atoms with Crippen LogP contribution in [0.25, 0.3) is 11.6 Å². The summed E-state index contributed by atoms with van der Waals surface area (Å²) in [7, 11) is 3.09. The Morgan fingerprint density at radius 2 is 1.76 bits per heavy atom. The molecule has 0 bridgehead atoms. The van der Waals surface area contributed by atoms with Crippen LogP contribution >= 0.6 is 0 Å². The summed E-state index contributed by atoms with van der Waals surface area (Å²) < 4.78 is 10.6. The number of carbonyl (C=O) groups excluding carboxylic acids is 1. The van der Waals surface area contributed by atoms with Gasteiger partial charge < -0.3 is 9.47 Å². The summed E-state index contributed by atoms with van der Waals surface area (Å²) in [6.07, 6.45) is 2.54. The van der Waals surface area contributed by atoms with Crippen molar-refractivity contribution in [2.45, 2.75) is 12.8 Å². The van der Waals surface area contributed by atoms with Crippen LogP contribution in [0.2, 0.25) is 0 Å². The number of fused-ring (bicyclic) bond motifs is 1. The summed E-state index contributed by atoms with van der Waals surface area (Å²) in [5.74, 6) is 1.07. The Kier molecular flexibility index (Phi) is 4.52. The molecule has 6 heteroatoms. The molecule has 0 atom stereocenters. The van der Waals surface area contributed by atoms with E-state index in [0.717, 1.165) is 11.1 Å². The van der Waals surface area contributed by atoms with Gasteiger partial charge >= 0.3 is 0 Å². The van der Waals surface area contributed by atoms with E-state index in [2.05, 4.69) is 0 Å². The second-order valence-electron chi connectivity index (χ2n) is 5.66. The fraction of sp³-hybridized carbons (Fsp3) is 0.211. The van der Waals surface area contributed by atoms with Crippen LogP contribution in [0.4, 0.5) is 5.69 Å². The van der Waals surface area contributed by atoms with Crippen LogP contribution in [-0.2, 0) is 11.2 Å². The number of benzene rings is 2. The van der Waals surface area contributed by atoms with E-state index in [1.165, 1.54) is 13.2 Å². The number of carbonyl (C=O) groups is 1. The van der Waals surface area contributed by atoms with E-state index in [4.69, 9.17) is 9.47 Å². The van der Waals surface area contributed by atoms with Gasteiger partial charge in [-0.15, -0.1) is 0 Å². The first-order chi connectivity index (χ1) is 12.0. The molecule has 25 heavy (non-hydrogen) atoms. The summed E-state index contributed by atoms with van der Waals surface area (Å²) in [4.78, 5) is 23.3. The lowest BCUT2D eigenvalue weighted by Crippen LogP contribution is -2.13. The number of allylic oxidation sites excluding steroid dienone is 1. The van der Waals surface area contributed by atoms with Gasteiger partial charge in [0.1, 0.15) is 0 Å². The fourth-order valence-electron chi connectivity index (χ4n) is 3.00. The number of nitro benzene ring substituents is 1. The second kappa shape index (κ2) is 6.76. The topological polar surface area (TPSA) is 78.7 Å². The minimum atomic E-state index is -0.449. The Bertz CT molecular complexity index is 885. The Balaban J connectivity index is 2.19. The van der Waals surface area contributed by atoms with Crippen LogP contribution in [0.15, 0.2) is 36.4 Å². The number of hydrogen-bond acceptors (Lipinski definition) is 5. The monoisotopic (exact) mass is 339 g/mol. The van der Waals surface area contributed by atoms with E-state index in [-0.39, 0.29) is 11.5 Å². The van der Waals surface area contributed by atoms with Crippen LogP contribution in [-0.4, -0.2) is 24.9 Å². The molecule has 0 radical (unpaired) electrons. The van der Waals surface area contributed by atoms with Crippen molar-refractivity contribution in [2.24, 2.45) is 0 Å². The molecule has 0 aromatic heterocycles. The molecular weight excluding hydrogens is 322 g/mol. The third kappa shape index (κ3) is 3.10. The maximum atomic E-state index is 12.5. The largest absolute Gasteiger partial charge is 0.493 e. The molecule has 0 saturated heterocycles. The third-order valence-electron chi connectivity index (χ3n) is 4.25. The van der Waals surface area contributed by atoms with Crippen LogP contribution in [0.3, 0.4) is 0 Å². The molecule has 6 nitrogen and oxygen atoms in total. The number of para-hydroxylation sites is 1. The molecule has 0 aliphatic heterocycles. The molecular formula is C19H17NO5. The number of methoxy groups -OCH3 is 2. The van der Waals surface area contributed by atoms with Gasteiger partial charge in [-0.3, -0.25) is 14.9 Å². The molecule has 0 saturated carbocycles. The number of aryl methyl sites for hydroxylation is 1. The molecule has 0 heterocycles. The zero-order valence-corrected chi connectivity index (χ0v) is 13.9. The van der Waals surface area contributed by atoms with Gasteiger partial charge in [-0.25, -0.2) is 0 Å². The van der Waals surface area contributed by atoms with Crippen molar-refractivity contribution < 1.29 is 19.2 Å². The second-order valence-corrected chi connectivity index (χ2v) is 5.66. The molecule has 0 fully saturated rings. The van der Waals surface area contributed by atoms with Crippen LogP contribution in [0.1, 0.15) is 23.1 Å². The Hall–Kier alpha value is -3.15. The lowest BCUT2D eigenvalue weighted by molar-refractivity contribution is -0.385. The molecule has 128 valence electrons. The molecule has 3 rings (SSSR count). The highest BCUT2D eigenvalue weighted by atomic mass is 16.6. The zero-order chi connectivity index (χ0) is 18.0. The van der Waals surface area contributed by atoms with E-state index in [9.17, 15) is 14.9 Å². The molecule has 0 amide bonds. The summed E-state index contributed by atoms with van der Waals surface area (Å²) >= 11 is 0. The highest BCUT2D eigenvalue weighted by molar-refractivity contribution is 6.27. The van der Waals surface area contributed by atoms with Crippen molar-refractivity contribution in [1.29, 1.82) is 0 Å². The zero-order valence-electron chi connectivity index (χ0n) is 13.9. The number of ether oxygens (including phenoxy) is 2. The highest BCUT2D eigenvalue weighted by Crippen LogP contribution is 2.38. The first kappa shape index (κ1) is 16.7. The van der Waals surface area contributed by atoms with Gasteiger partial charge in [0.05, 0.1) is 24.7 Å². The highest BCUT2D eigenvalue weighted by Gasteiger charge is 2.25. The van der Waals surface area contributed by atoms with Gasteiger partial charge in [-0.05, 0) is 41.8 Å². The summed E-state index contributed by atoms with van der Waals surface area (Å²) in [6, 6.07) is 9.98. The van der Waals surface area contributed by atoms with Crippen LogP contribution in [0, 0.1) is 10.1 Å². The van der Waals surface area contributed by atoms with Crippen molar-refractivity contribution in [2.75, 3.05) is 14.2 Å². The van der Waals surface area contributed by atoms with Crippen LogP contribution < -0.4 is 9.47 Å². The van der Waals surface area contributed by atoms with E-state index in [1.807, 2.05) is 6.07 Å². The van der Waals surface area contributed by atoms with Crippen molar-refractivity contribution in [3.8, 4) is 11.5 Å². The number of rotatable bonds is 4. The number of Topliss-reactive ketones (excluding diaryl/α,β-unsaturated/α-hetero) is 1. The molecule has 1 aliphatic rings. The maximum Gasteiger partial charge on any atom is 0.276 e. The van der Waals surface area contributed by atoms with Gasteiger partial charge in [0.2, 0.25) is 0 Å². The van der Waals surface area contributed by atoms with Crippen molar-refractivity contribution >= 4 is 23.1 Å². The Labute approximate surface area is 144 Å². The lowest BCUT2D eigenvalue weighted by atomic mass is 9.85. The minimum absolute atomic E-state index is 0.0320. The summed E-state index contributed by atoms with van der Waals surface area (Å²) in [5.41, 5.74) is 2.51. The molecule has 0 N–H and O–H groups in total. The van der Waals surface area contributed by atoms with Gasteiger partial charge in [0.15, 0.2) is 17.3 Å². The van der Waals surface area contributed by atoms with E-state index in [0.29, 0.717) is 35.5 Å². The smallest absolute Gasteiger partial charge is 0.276 e. The first-order valence-electron chi connectivity index (χ1n) is 7.78. The maximum absolute atomic E-state index is 12.5. The number of hydrogen-bond donors (Lipinski definition) is 0. The predicted molar refractivity (Wildman–Crippen MR) is 93.8 cm³/mol. The number of nitro groups is 1. The van der Waals surface area contributed by atoms with Crippen molar-refractivity contribution in [3.63, 3.8) is 0 Å². The van der Waals surface area contributed by atoms with Gasteiger partial charge in [0.25, 0.3) is 5.69 Å². The summed E-state index contributed by atoms with van der Waals surface area (Å²) in [5, 5.41) is 11.2. The minimum Gasteiger partial charge on any atom is -0.493 e. The molecule has 0 unspecified atom stereocenters. The SMILES string of the molecule is COc1cc2c(cc1OC)C(=Cc1ccccc1[N+](=O)[O-])C(=O)CC2. The summed E-state index contributed by atoms with van der Waals surface area (Å²) in [6.45, 7) is 0. The lowest BCUT2D eigenvalue weighted by Gasteiger charge is -2.20. The van der Waals surface area contributed by atoms with E-state index < -0.39 is 4.92 Å². The predicted octanol–water partition coefficient (Wildman–Crippen LogP) is 3.67. The molecule has 0 spiro atoms. The Morgan fingerprint density at radius 3 is 2.44 bits per heavy atom. The molecule has 2 aromatic carbocycles. The average molecular weight is 339 g/mol. The van der Waals surface area contributed by atoms with E-state index in [1.54, 1.807) is 37.5 Å². The number of nitrogens with zero attached hydrogens (tertiary/aromatic N) is 1. The quantitative estimate of drug-likeness (QED) is 0.482. The van der Waals surface area contributed by atoms with Crippen molar-refractivity contribution in [3.05, 3.63) is 63.2 Å². The number of ketones is 1. The van der Waals surface area contributed by atoms with Crippen LogP contribution in [0.5, 0.6) is 11.5 Å². The molecule has 2 aromatic rings.